The molecule has 1 saturated carbocycles. The fraction of sp³-hybridized carbons (Fsp3) is 0.846. The third-order valence-electron chi connectivity index (χ3n) is 3.82. The van der Waals surface area contributed by atoms with E-state index in [1.165, 1.54) is 0 Å². The average molecular weight is 241 g/mol. The minimum atomic E-state index is -0.714. The van der Waals surface area contributed by atoms with Crippen LogP contribution in [-0.2, 0) is 9.63 Å². The smallest absolute Gasteiger partial charge is 0.307 e. The quantitative estimate of drug-likeness (QED) is 0.550. The SMILES string of the molecule is CCC1(CC)C(C=NOCC(C)C)[C@H]1C(=O)O. The summed E-state index contributed by atoms with van der Waals surface area (Å²) >= 11 is 0. The number of nitrogens with zero attached hydrogens (tertiary/aromatic N) is 1. The average Bonchev–Trinajstić information content (AvgIpc) is 2.93. The Morgan fingerprint density at radius 1 is 1.47 bits per heavy atom. The number of carbonyl (C=O) groups is 1. The molecule has 0 amide bonds. The number of carboxylic acid groups (broad SMARTS) is 1. The van der Waals surface area contributed by atoms with Gasteiger partial charge in [0.25, 0.3) is 0 Å². The van der Waals surface area contributed by atoms with Crippen LogP contribution >= 0.6 is 0 Å². The fourth-order valence-corrected chi connectivity index (χ4v) is 2.62. The molecule has 98 valence electrons. The maximum absolute atomic E-state index is 11.1. The van der Waals surface area contributed by atoms with Crippen molar-refractivity contribution in [3.05, 3.63) is 0 Å². The Balaban J connectivity index is 2.56. The first-order chi connectivity index (χ1) is 7.99. The van der Waals surface area contributed by atoms with Crippen molar-refractivity contribution in [2.75, 3.05) is 6.61 Å². The van der Waals surface area contributed by atoms with Crippen LogP contribution in [0.1, 0.15) is 40.5 Å². The predicted molar refractivity (Wildman–Crippen MR) is 66.9 cm³/mol. The summed E-state index contributed by atoms with van der Waals surface area (Å²) in [4.78, 5) is 16.3. The Bertz CT molecular complexity index is 295. The number of aliphatic carboxylic acids is 1. The molecule has 1 unspecified atom stereocenters. The van der Waals surface area contributed by atoms with Gasteiger partial charge in [0.1, 0.15) is 6.61 Å². The van der Waals surface area contributed by atoms with E-state index in [4.69, 9.17) is 9.94 Å². The van der Waals surface area contributed by atoms with Crippen LogP contribution in [0.3, 0.4) is 0 Å². The van der Waals surface area contributed by atoms with Crippen LogP contribution in [0.15, 0.2) is 5.16 Å². The number of oxime groups is 1. The monoisotopic (exact) mass is 241 g/mol. The molecular weight excluding hydrogens is 218 g/mol. The van der Waals surface area contributed by atoms with Crippen LogP contribution in [0.25, 0.3) is 0 Å². The van der Waals surface area contributed by atoms with Crippen molar-refractivity contribution in [1.82, 2.24) is 0 Å². The van der Waals surface area contributed by atoms with Gasteiger partial charge in [-0.3, -0.25) is 4.79 Å². The van der Waals surface area contributed by atoms with Crippen molar-refractivity contribution in [3.63, 3.8) is 0 Å². The third kappa shape index (κ3) is 2.79. The molecule has 0 aromatic heterocycles. The summed E-state index contributed by atoms with van der Waals surface area (Å²) < 4.78 is 0. The Labute approximate surface area is 103 Å². The number of hydrogen-bond acceptors (Lipinski definition) is 3. The zero-order valence-electron chi connectivity index (χ0n) is 11.1. The van der Waals surface area contributed by atoms with Gasteiger partial charge in [0.15, 0.2) is 0 Å². The van der Waals surface area contributed by atoms with Gasteiger partial charge in [-0.15, -0.1) is 0 Å². The molecule has 0 radical (unpaired) electrons. The summed E-state index contributed by atoms with van der Waals surface area (Å²) in [7, 11) is 0. The van der Waals surface area contributed by atoms with E-state index < -0.39 is 5.97 Å². The molecule has 1 aliphatic rings. The van der Waals surface area contributed by atoms with Gasteiger partial charge in [-0.05, 0) is 24.2 Å². The van der Waals surface area contributed by atoms with Crippen molar-refractivity contribution in [2.45, 2.75) is 40.5 Å². The molecule has 4 heteroatoms. The second kappa shape index (κ2) is 5.52. The molecule has 2 atom stereocenters. The van der Waals surface area contributed by atoms with Crippen molar-refractivity contribution in [2.24, 2.45) is 28.3 Å². The lowest BCUT2D eigenvalue weighted by molar-refractivity contribution is -0.139. The van der Waals surface area contributed by atoms with Gasteiger partial charge >= 0.3 is 5.97 Å². The van der Waals surface area contributed by atoms with Crippen LogP contribution < -0.4 is 0 Å². The van der Waals surface area contributed by atoms with E-state index in [0.29, 0.717) is 12.5 Å². The van der Waals surface area contributed by atoms with Gasteiger partial charge in [-0.1, -0.05) is 32.9 Å². The minimum Gasteiger partial charge on any atom is -0.481 e. The predicted octanol–water partition coefficient (Wildman–Crippen LogP) is 2.78. The Morgan fingerprint density at radius 2 is 2.06 bits per heavy atom. The van der Waals surface area contributed by atoms with Crippen molar-refractivity contribution >= 4 is 12.2 Å². The summed E-state index contributed by atoms with van der Waals surface area (Å²) in [5.41, 5.74) is -0.101. The molecule has 1 N–H and O–H groups in total. The zero-order chi connectivity index (χ0) is 13.1. The van der Waals surface area contributed by atoms with Crippen molar-refractivity contribution in [1.29, 1.82) is 0 Å². The topological polar surface area (TPSA) is 58.9 Å². The molecule has 0 aliphatic heterocycles. The number of carboxylic acids is 1. The molecule has 1 fully saturated rings. The maximum atomic E-state index is 11.1. The first kappa shape index (κ1) is 14.0. The molecule has 0 spiro atoms. The second-order valence-corrected chi connectivity index (χ2v) is 5.23. The summed E-state index contributed by atoms with van der Waals surface area (Å²) in [6.07, 6.45) is 3.44. The standard InChI is InChI=1S/C13H23NO3/c1-5-13(6-2)10(11(13)12(15)16)7-14-17-8-9(3)4/h7,9-11H,5-6,8H2,1-4H3,(H,15,16)/t10?,11-/m0/s1. The summed E-state index contributed by atoms with van der Waals surface area (Å²) in [5, 5.41) is 13.1. The van der Waals surface area contributed by atoms with Crippen molar-refractivity contribution in [3.8, 4) is 0 Å². The molecule has 0 heterocycles. The van der Waals surface area contributed by atoms with Gasteiger partial charge in [0, 0.05) is 12.1 Å². The van der Waals surface area contributed by atoms with Gasteiger partial charge < -0.3 is 9.94 Å². The number of rotatable bonds is 7. The highest BCUT2D eigenvalue weighted by molar-refractivity contribution is 5.84. The molecule has 0 aromatic rings. The molecule has 4 nitrogen and oxygen atoms in total. The summed E-state index contributed by atoms with van der Waals surface area (Å²) in [5.74, 6) is -0.538. The van der Waals surface area contributed by atoms with E-state index in [1.807, 2.05) is 13.8 Å². The Kier molecular flexibility index (Phi) is 4.54. The minimum absolute atomic E-state index is 0.0298. The van der Waals surface area contributed by atoms with Gasteiger partial charge in [0.05, 0.1) is 5.92 Å². The van der Waals surface area contributed by atoms with Gasteiger partial charge in [0.2, 0.25) is 0 Å². The third-order valence-corrected chi connectivity index (χ3v) is 3.82. The second-order valence-electron chi connectivity index (χ2n) is 5.23. The van der Waals surface area contributed by atoms with Crippen LogP contribution in [0.5, 0.6) is 0 Å². The maximum Gasteiger partial charge on any atom is 0.307 e. The largest absolute Gasteiger partial charge is 0.481 e. The van der Waals surface area contributed by atoms with Crippen LogP contribution in [0.2, 0.25) is 0 Å². The summed E-state index contributed by atoms with van der Waals surface area (Å²) in [6, 6.07) is 0. The number of hydrogen-bond donors (Lipinski definition) is 1. The first-order valence-corrected chi connectivity index (χ1v) is 6.37. The molecular formula is C13H23NO3. The van der Waals surface area contributed by atoms with Crippen LogP contribution in [0.4, 0.5) is 0 Å². The normalized spacial score (nSPS) is 26.4. The molecule has 0 bridgehead atoms. The summed E-state index contributed by atoms with van der Waals surface area (Å²) in [6.45, 7) is 8.76. The molecule has 1 rings (SSSR count). The van der Waals surface area contributed by atoms with Crippen molar-refractivity contribution < 1.29 is 14.7 Å². The van der Waals surface area contributed by atoms with E-state index in [-0.39, 0.29) is 17.3 Å². The Hall–Kier alpha value is -1.06. The molecule has 17 heavy (non-hydrogen) atoms. The van der Waals surface area contributed by atoms with E-state index in [1.54, 1.807) is 6.21 Å². The molecule has 1 aliphatic carbocycles. The molecule has 0 saturated heterocycles. The highest BCUT2D eigenvalue weighted by Gasteiger charge is 2.65. The van der Waals surface area contributed by atoms with E-state index in [9.17, 15) is 4.79 Å². The first-order valence-electron chi connectivity index (χ1n) is 6.37. The zero-order valence-corrected chi connectivity index (χ0v) is 11.1. The van der Waals surface area contributed by atoms with E-state index in [2.05, 4.69) is 19.0 Å². The lowest BCUT2D eigenvalue weighted by atomic mass is 9.95. The van der Waals surface area contributed by atoms with Gasteiger partial charge in [-0.2, -0.15) is 0 Å². The van der Waals surface area contributed by atoms with E-state index in [0.717, 1.165) is 12.8 Å². The highest BCUT2D eigenvalue weighted by Crippen LogP contribution is 2.62. The molecule has 0 aromatic carbocycles. The van der Waals surface area contributed by atoms with Gasteiger partial charge in [-0.25, -0.2) is 0 Å². The lowest BCUT2D eigenvalue weighted by Gasteiger charge is -2.09. The van der Waals surface area contributed by atoms with E-state index >= 15 is 0 Å². The fourth-order valence-electron chi connectivity index (χ4n) is 2.62. The Morgan fingerprint density at radius 3 is 2.41 bits per heavy atom. The van der Waals surface area contributed by atoms with Crippen LogP contribution in [-0.4, -0.2) is 23.9 Å². The lowest BCUT2D eigenvalue weighted by Crippen LogP contribution is -2.08. The highest BCUT2D eigenvalue weighted by atomic mass is 16.6. The van der Waals surface area contributed by atoms with Crippen LogP contribution in [0, 0.1) is 23.2 Å².